The maximum atomic E-state index is 13.0. The minimum atomic E-state index is -4.23. The summed E-state index contributed by atoms with van der Waals surface area (Å²) in [4.78, 5) is 136. The van der Waals surface area contributed by atoms with Gasteiger partial charge in [-0.1, -0.05) is 66.7 Å². The molecular weight excluding hydrogens is 2220 g/mol. The summed E-state index contributed by atoms with van der Waals surface area (Å²) in [5.74, 6) is 1.86. The van der Waals surface area contributed by atoms with E-state index in [-0.39, 0.29) is 81.6 Å². The van der Waals surface area contributed by atoms with Gasteiger partial charge in [0.25, 0.3) is 0 Å². The molecule has 6 aliphatic heterocycles. The Bertz CT molecular complexity index is 4950. The van der Waals surface area contributed by atoms with E-state index in [1.165, 1.54) is 22.8 Å². The molecule has 6 amide bonds. The van der Waals surface area contributed by atoms with Gasteiger partial charge in [-0.25, -0.2) is 38.9 Å². The zero-order valence-electron chi connectivity index (χ0n) is 87.9. The molecule has 3 aromatic heterocycles. The van der Waals surface area contributed by atoms with Crippen molar-refractivity contribution in [1.82, 2.24) is 35.4 Å². The van der Waals surface area contributed by atoms with Crippen molar-refractivity contribution in [2.75, 3.05) is 148 Å². The van der Waals surface area contributed by atoms with Gasteiger partial charge in [0.05, 0.1) is 81.6 Å². The summed E-state index contributed by atoms with van der Waals surface area (Å²) in [5.41, 5.74) is 7.98. The van der Waals surface area contributed by atoms with E-state index in [9.17, 15) is 78.7 Å². The Kier molecular flexibility index (Phi) is 60.2. The number of alkyl carbamates (subject to hydrolysis) is 2. The minimum Gasteiger partial charge on any atom is -0.480 e. The molecule has 0 unspecified atom stereocenters. The van der Waals surface area contributed by atoms with Crippen LogP contribution < -0.4 is 57.8 Å². The number of carbonyl (C=O) groups is 10. The highest BCUT2D eigenvalue weighted by Crippen LogP contribution is 2.39. The fourth-order valence-corrected chi connectivity index (χ4v) is 15.4. The number of halogens is 11. The number of likely N-dealkylation sites (tertiary alicyclic amines) is 2. The molecule has 11 rings (SSSR count). The smallest absolute Gasteiger partial charge is 0.480 e. The number of nitrogens with zero attached hydrogens (tertiary/aromatic N) is 8. The predicted octanol–water partition coefficient (Wildman–Crippen LogP) is 19.9. The standard InChI is InChI=1S/C28H36F3N5O3.C20H28BF3N2O3.C14H20IN3O2.C10H19NO3.C9H10FIN2O.C8H15NO4.C5H9ClO2.C5H11NO.CH4.ClH.H2S/c1-4-24(37)19(3)32-25-13-21(14-26(34-25)35-9-11-39-12-10-35)23-15-22(6-5-18(23)2)33-27(38)36-8-7-20(17-36)16-28(29,30)31;1-13-6-7-15(10-16(13)21-28-18(2,3)19(4,5)29-21)25-17(27)26-9-8-14(12-26)11-20(22,23)24;1-3-12(19)10(2)16-13-8-11(15)9-14(17-13)18-4-6-20-7-5-18;1-6-8(12)7(2)11-9(13)14-10(3,4)5;10-8-5-7(11)6-9(12-8)13-1-3-14-4-2-13;1-5(6(10)11)9-7(12)13-8(2,3)4;1-4(2)3-8-5(6)7;1-3-5(7)4(2)6;;;/h5-6,13-15,19-20H,4,7-12,16-17H2,1-3H3,(H,32,34)(H,33,38);6-7,10,14H,8-9,11-12H2,1-5H3,(H,25,27);8-10H,3-7H2,1-2H3,(H,16,17);7H,6H2,1-5H3,(H,11,13);5-6H,1-4H2;5H,1-4H3,(H,9,12)(H,10,11);4H,3H2,1-2H3;4H,3,6H2,1-2H3;1H4;1H;1H2/t19-,20-;14-;10-;7-;;5-;;4-;;;/m0000.0.0.../s1. The molecule has 147 heavy (non-hydrogen) atoms. The number of hydrogen-bond donors (Lipinski definition) is 8. The molecule has 9 heterocycles. The molecule has 9 N–H and O–H groups in total. The number of rotatable bonds is 26. The van der Waals surface area contributed by atoms with E-state index in [0.717, 1.165) is 91.7 Å². The summed E-state index contributed by atoms with van der Waals surface area (Å²) in [6.07, 6.45) is -8.82. The number of urea groups is 2. The van der Waals surface area contributed by atoms with Crippen LogP contribution in [0.3, 0.4) is 0 Å². The number of ketones is 4. The summed E-state index contributed by atoms with van der Waals surface area (Å²) >= 11 is 9.23. The Hall–Kier alpha value is -8.69. The molecule has 6 fully saturated rings. The van der Waals surface area contributed by atoms with Crippen molar-refractivity contribution < 1.29 is 122 Å². The number of alkyl halides is 6. The van der Waals surface area contributed by atoms with Crippen molar-refractivity contribution in [3.05, 3.63) is 97.0 Å². The van der Waals surface area contributed by atoms with Crippen LogP contribution in [0.2, 0.25) is 0 Å². The van der Waals surface area contributed by atoms with Gasteiger partial charge in [0, 0.05) is 140 Å². The van der Waals surface area contributed by atoms with Gasteiger partial charge in [-0.05, 0) is 270 Å². The average molecular weight is 2370 g/mol. The number of pyridine rings is 3. The number of aryl methyl sites for hydroxylation is 2. The van der Waals surface area contributed by atoms with Crippen molar-refractivity contribution in [2.45, 2.75) is 283 Å². The molecule has 7 atom stereocenters. The van der Waals surface area contributed by atoms with Crippen molar-refractivity contribution in [3.63, 3.8) is 0 Å². The van der Waals surface area contributed by atoms with Crippen LogP contribution >= 0.6 is 82.7 Å². The van der Waals surface area contributed by atoms with Crippen LogP contribution in [0.5, 0.6) is 0 Å². The predicted molar refractivity (Wildman–Crippen MR) is 586 cm³/mol. The molecule has 0 bridgehead atoms. The highest BCUT2D eigenvalue weighted by molar-refractivity contribution is 14.1. The monoisotopic (exact) mass is 2370 g/mol. The summed E-state index contributed by atoms with van der Waals surface area (Å²) in [6, 6.07) is 19.1. The number of anilines is 7. The lowest BCUT2D eigenvalue weighted by Gasteiger charge is -2.32. The highest BCUT2D eigenvalue weighted by atomic mass is 127. The van der Waals surface area contributed by atoms with Gasteiger partial charge in [-0.3, -0.25) is 24.0 Å². The van der Waals surface area contributed by atoms with Gasteiger partial charge in [0.1, 0.15) is 52.1 Å². The lowest BCUT2D eigenvalue weighted by atomic mass is 9.76. The third-order valence-electron chi connectivity index (χ3n) is 22.8. The van der Waals surface area contributed by atoms with Crippen molar-refractivity contribution >= 4 is 195 Å². The summed E-state index contributed by atoms with van der Waals surface area (Å²) in [6.45, 7) is 51.7. The first-order chi connectivity index (χ1) is 66.9. The molecule has 47 heteroatoms. The van der Waals surface area contributed by atoms with E-state index in [2.05, 4.69) is 108 Å². The number of hydrogen-bond acceptors (Lipinski definition) is 27. The summed E-state index contributed by atoms with van der Waals surface area (Å²) < 4.78 is 134. The zero-order valence-corrected chi connectivity index (χ0v) is 94.8. The lowest BCUT2D eigenvalue weighted by Crippen LogP contribution is -2.41. The van der Waals surface area contributed by atoms with E-state index in [1.807, 2.05) is 137 Å². The first kappa shape index (κ1) is 136. The third-order valence-corrected chi connectivity index (χ3v) is 24.2. The van der Waals surface area contributed by atoms with E-state index >= 15 is 0 Å². The number of morpholine rings is 3. The topological polar surface area (TPSA) is 418 Å². The van der Waals surface area contributed by atoms with Crippen LogP contribution in [0.4, 0.5) is 95.2 Å². The van der Waals surface area contributed by atoms with Gasteiger partial charge in [-0.15, -0.1) is 12.4 Å². The number of nitrogens with one attached hydrogen (secondary N) is 6. The minimum absolute atomic E-state index is 0. The molecule has 6 aliphatic rings. The largest absolute Gasteiger partial charge is 0.495 e. The number of carboxylic acids is 1. The van der Waals surface area contributed by atoms with Gasteiger partial charge < -0.3 is 105 Å². The summed E-state index contributed by atoms with van der Waals surface area (Å²) in [5, 5.41) is 25.2. The van der Waals surface area contributed by atoms with Crippen molar-refractivity contribution in [3.8, 4) is 11.1 Å². The van der Waals surface area contributed by atoms with E-state index < -0.39 is 126 Å². The molecule has 0 spiro atoms. The van der Waals surface area contributed by atoms with Crippen LogP contribution in [-0.2, 0) is 61.7 Å². The zero-order chi connectivity index (χ0) is 109. The molecule has 0 aliphatic carbocycles. The first-order valence-electron chi connectivity index (χ1n) is 48.2. The maximum absolute atomic E-state index is 13.0. The number of aromatic nitrogens is 3. The number of Topliss-reactive ketones (excluding diaryl/α,β-unsaturated/α-hetero) is 4. The number of aliphatic carboxylic acids is 1. The van der Waals surface area contributed by atoms with Crippen LogP contribution in [0.15, 0.2) is 72.8 Å². The molecule has 0 radical (unpaired) electrons. The van der Waals surface area contributed by atoms with E-state index in [4.69, 9.17) is 60.4 Å². The second-order valence-electron chi connectivity index (χ2n) is 38.6. The van der Waals surface area contributed by atoms with E-state index in [0.29, 0.717) is 127 Å². The molecule has 2 aromatic carbocycles. The molecular formula is C100H155BCl2F7I2N15O19S. The van der Waals surface area contributed by atoms with Gasteiger partial charge in [-0.2, -0.15) is 44.2 Å². The number of carboxylic acid groups (broad SMARTS) is 1. The SMILES string of the molecule is C.CC(C)COC(=O)Cl.CCC(=O)[C@H](C)N.CCC(=O)[C@H](C)NC(=O)OC(C)(C)C.CCC(=O)[C@H](C)Nc1cc(-c2cc(NC(=O)N3CC[C@@H](CC(F)(F)F)C3)ccc2C)cc(N2CCOCC2)n1.CCC(=O)[C@H](C)Nc1cc(I)cc(N2CCOCC2)n1.C[C@H](NC(=O)OC(C)(C)C)C(=O)O.Cc1ccc(NC(=O)N2CC[C@@H](CC(F)(F)F)C2)cc1B1OC(C)(C)C(C)(C)O1.Cl.Fc1cc(I)cc(N2CCOCC2)n1.S. The van der Waals surface area contributed by atoms with Crippen molar-refractivity contribution in [2.24, 2.45) is 23.5 Å². The molecule has 5 aromatic rings. The lowest BCUT2D eigenvalue weighted by molar-refractivity contribution is -0.144. The second-order valence-corrected chi connectivity index (χ2v) is 41.4. The Balaban J connectivity index is 0.000000890. The fourth-order valence-electron chi connectivity index (χ4n) is 14.2. The number of ether oxygens (including phenoxy) is 6. The molecule has 830 valence electrons. The van der Waals surface area contributed by atoms with Crippen LogP contribution in [0.25, 0.3) is 11.1 Å². The van der Waals surface area contributed by atoms with Gasteiger partial charge >= 0.3 is 55.1 Å². The number of carbonyl (C=O) groups excluding carboxylic acids is 9. The Labute approximate surface area is 907 Å². The van der Waals surface area contributed by atoms with Crippen LogP contribution in [0.1, 0.15) is 215 Å². The second kappa shape index (κ2) is 64.9. The number of nitrogens with two attached hydrogens (primary N) is 1. The molecule has 6 saturated heterocycles. The Morgan fingerprint density at radius 3 is 1.25 bits per heavy atom. The van der Waals surface area contributed by atoms with Crippen LogP contribution in [-0.4, -0.2) is 272 Å². The quantitative estimate of drug-likeness (QED) is 0.00636. The molecule has 0 saturated carbocycles. The van der Waals surface area contributed by atoms with Gasteiger partial charge in [0.15, 0.2) is 17.3 Å². The first-order valence-corrected chi connectivity index (χ1v) is 50.7. The van der Waals surface area contributed by atoms with Crippen LogP contribution in [0, 0.1) is 44.7 Å². The fraction of sp³-hybridized carbons (Fsp3) is 0.630. The Morgan fingerprint density at radius 1 is 0.531 bits per heavy atom. The Morgan fingerprint density at radius 2 is 0.898 bits per heavy atom. The normalized spacial score (nSPS) is 17.1. The average Bonchev–Trinajstić information content (AvgIpc) is 1.61. The third kappa shape index (κ3) is 52.3. The highest BCUT2D eigenvalue weighted by Gasteiger charge is 2.52. The van der Waals surface area contributed by atoms with Gasteiger partial charge in [0.2, 0.25) is 5.95 Å². The van der Waals surface area contributed by atoms with E-state index in [1.54, 1.807) is 80.5 Å². The number of amides is 6. The molecule has 34 nitrogen and oxygen atoms in total. The number of benzene rings is 2. The van der Waals surface area contributed by atoms with Crippen molar-refractivity contribution in [1.29, 1.82) is 0 Å². The maximum Gasteiger partial charge on any atom is 0.495 e. The summed E-state index contributed by atoms with van der Waals surface area (Å²) in [7, 11) is -0.556.